The van der Waals surface area contributed by atoms with E-state index in [0.29, 0.717) is 30.4 Å². The van der Waals surface area contributed by atoms with E-state index in [0.717, 1.165) is 11.1 Å². The van der Waals surface area contributed by atoms with Crippen molar-refractivity contribution in [1.82, 2.24) is 0 Å². The van der Waals surface area contributed by atoms with E-state index >= 15 is 0 Å². The summed E-state index contributed by atoms with van der Waals surface area (Å²) < 4.78 is 38.7. The number of nitrogens with one attached hydrogen (secondary N) is 1. The molecule has 0 atom stereocenters. The first-order chi connectivity index (χ1) is 12.6. The maximum absolute atomic E-state index is 12.6. The summed E-state index contributed by atoms with van der Waals surface area (Å²) in [6.45, 7) is 0.871. The summed E-state index contributed by atoms with van der Waals surface area (Å²) in [4.78, 5) is 0.133. The fraction of sp³-hybridized carbons (Fsp3) is 0.100. The fourth-order valence-corrected chi connectivity index (χ4v) is 3.84. The predicted octanol–water partition coefficient (Wildman–Crippen LogP) is 3.93. The second kappa shape index (κ2) is 6.72. The molecular weight excluding hydrogens is 350 g/mol. The van der Waals surface area contributed by atoms with E-state index < -0.39 is 10.0 Å². The molecule has 0 aliphatic carbocycles. The van der Waals surface area contributed by atoms with Gasteiger partial charge in [0.05, 0.1) is 4.90 Å². The molecule has 132 valence electrons. The Bertz CT molecular complexity index is 1020. The van der Waals surface area contributed by atoms with Gasteiger partial charge >= 0.3 is 0 Å². The molecule has 0 unspecified atom stereocenters. The second-order valence-electron chi connectivity index (χ2n) is 5.85. The Kier molecular flexibility index (Phi) is 4.26. The van der Waals surface area contributed by atoms with Crippen LogP contribution in [0.4, 0.5) is 5.69 Å². The molecule has 0 radical (unpaired) electrons. The van der Waals surface area contributed by atoms with Crippen LogP contribution in [0.1, 0.15) is 0 Å². The van der Waals surface area contributed by atoms with Crippen LogP contribution < -0.4 is 14.2 Å². The average Bonchev–Trinajstić information content (AvgIpc) is 2.68. The Morgan fingerprint density at radius 2 is 1.38 bits per heavy atom. The lowest BCUT2D eigenvalue weighted by Crippen LogP contribution is -2.17. The van der Waals surface area contributed by atoms with Crippen molar-refractivity contribution < 1.29 is 17.9 Å². The monoisotopic (exact) mass is 367 g/mol. The fourth-order valence-electron chi connectivity index (χ4n) is 2.77. The Balaban J connectivity index is 1.56. The number of anilines is 1. The lowest BCUT2D eigenvalue weighted by atomic mass is 10.1. The molecule has 0 bridgehead atoms. The highest BCUT2D eigenvalue weighted by atomic mass is 32.2. The van der Waals surface area contributed by atoms with Gasteiger partial charge < -0.3 is 9.47 Å². The zero-order chi connectivity index (χ0) is 18.0. The molecule has 0 saturated heterocycles. The minimum Gasteiger partial charge on any atom is -0.486 e. The topological polar surface area (TPSA) is 64.6 Å². The van der Waals surface area contributed by atoms with Crippen molar-refractivity contribution in [1.29, 1.82) is 0 Å². The van der Waals surface area contributed by atoms with E-state index in [4.69, 9.17) is 9.47 Å². The maximum atomic E-state index is 12.6. The molecule has 1 aliphatic heterocycles. The molecule has 0 aromatic heterocycles. The summed E-state index contributed by atoms with van der Waals surface area (Å²) >= 11 is 0. The molecule has 26 heavy (non-hydrogen) atoms. The van der Waals surface area contributed by atoms with E-state index in [1.54, 1.807) is 18.2 Å². The van der Waals surface area contributed by atoms with Crippen LogP contribution in [0.5, 0.6) is 11.5 Å². The Hall–Kier alpha value is -2.99. The standard InChI is InChI=1S/C20H17NO4S/c22-26(23,18-10-11-19-20(14-18)25-13-12-24-19)21-17-8-6-16(7-9-17)15-4-2-1-3-5-15/h1-11,14,21H,12-13H2. The predicted molar refractivity (Wildman–Crippen MR) is 100 cm³/mol. The van der Waals surface area contributed by atoms with E-state index in [9.17, 15) is 8.42 Å². The molecule has 1 heterocycles. The number of hydrogen-bond donors (Lipinski definition) is 1. The van der Waals surface area contributed by atoms with Crippen LogP contribution >= 0.6 is 0 Å². The van der Waals surface area contributed by atoms with Crippen molar-refractivity contribution in [3.05, 3.63) is 72.8 Å². The van der Waals surface area contributed by atoms with E-state index in [1.165, 1.54) is 12.1 Å². The molecule has 6 heteroatoms. The van der Waals surface area contributed by atoms with Gasteiger partial charge in [0, 0.05) is 11.8 Å². The first kappa shape index (κ1) is 16.5. The number of ether oxygens (including phenoxy) is 2. The van der Waals surface area contributed by atoms with Crippen LogP contribution in [0.25, 0.3) is 11.1 Å². The molecule has 0 spiro atoms. The number of fused-ring (bicyclic) bond motifs is 1. The second-order valence-corrected chi connectivity index (χ2v) is 7.54. The van der Waals surface area contributed by atoms with E-state index in [1.807, 2.05) is 42.5 Å². The first-order valence-corrected chi connectivity index (χ1v) is 9.68. The number of sulfonamides is 1. The molecule has 4 rings (SSSR count). The molecule has 0 fully saturated rings. The van der Waals surface area contributed by atoms with Gasteiger partial charge in [-0.05, 0) is 35.4 Å². The Morgan fingerprint density at radius 3 is 2.12 bits per heavy atom. The minimum atomic E-state index is -3.71. The molecule has 0 amide bonds. The normalized spacial score (nSPS) is 13.2. The summed E-state index contributed by atoms with van der Waals surface area (Å²) in [6.07, 6.45) is 0. The number of rotatable bonds is 4. The Labute approximate surface area is 152 Å². The highest BCUT2D eigenvalue weighted by Crippen LogP contribution is 2.33. The van der Waals surface area contributed by atoms with E-state index in [-0.39, 0.29) is 4.90 Å². The van der Waals surface area contributed by atoms with Crippen molar-refractivity contribution in [2.45, 2.75) is 4.90 Å². The van der Waals surface area contributed by atoms with Crippen LogP contribution in [-0.2, 0) is 10.0 Å². The lowest BCUT2D eigenvalue weighted by Gasteiger charge is -2.19. The van der Waals surface area contributed by atoms with Crippen LogP contribution in [0.3, 0.4) is 0 Å². The molecular formula is C20H17NO4S. The number of benzene rings is 3. The van der Waals surface area contributed by atoms with Gasteiger partial charge in [0.1, 0.15) is 13.2 Å². The molecule has 5 nitrogen and oxygen atoms in total. The summed E-state index contributed by atoms with van der Waals surface area (Å²) in [5.74, 6) is 1.00. The van der Waals surface area contributed by atoms with Gasteiger partial charge in [-0.25, -0.2) is 8.42 Å². The summed E-state index contributed by atoms with van der Waals surface area (Å²) in [7, 11) is -3.71. The molecule has 1 aliphatic rings. The SMILES string of the molecule is O=S(=O)(Nc1ccc(-c2ccccc2)cc1)c1ccc2c(c1)OCCO2. The number of hydrogen-bond acceptors (Lipinski definition) is 4. The van der Waals surface area contributed by atoms with Gasteiger partial charge in [-0.2, -0.15) is 0 Å². The van der Waals surface area contributed by atoms with Crippen LogP contribution in [0, 0.1) is 0 Å². The Morgan fingerprint density at radius 1 is 0.731 bits per heavy atom. The van der Waals surface area contributed by atoms with Crippen LogP contribution in [-0.4, -0.2) is 21.6 Å². The summed E-state index contributed by atoms with van der Waals surface area (Å²) in [5, 5.41) is 0. The zero-order valence-corrected chi connectivity index (χ0v) is 14.7. The van der Waals surface area contributed by atoms with Gasteiger partial charge in [0.2, 0.25) is 0 Å². The van der Waals surface area contributed by atoms with Gasteiger partial charge in [0.15, 0.2) is 11.5 Å². The van der Waals surface area contributed by atoms with Gasteiger partial charge in [-0.3, -0.25) is 4.72 Å². The van der Waals surface area contributed by atoms with Crippen LogP contribution in [0.2, 0.25) is 0 Å². The summed E-state index contributed by atoms with van der Waals surface area (Å²) in [6, 6.07) is 21.8. The minimum absolute atomic E-state index is 0.133. The largest absolute Gasteiger partial charge is 0.486 e. The van der Waals surface area contributed by atoms with Crippen molar-refractivity contribution >= 4 is 15.7 Å². The van der Waals surface area contributed by atoms with Gasteiger partial charge in [0.25, 0.3) is 10.0 Å². The van der Waals surface area contributed by atoms with Crippen molar-refractivity contribution in [2.75, 3.05) is 17.9 Å². The van der Waals surface area contributed by atoms with Crippen molar-refractivity contribution in [3.8, 4) is 22.6 Å². The van der Waals surface area contributed by atoms with Crippen LogP contribution in [0.15, 0.2) is 77.7 Å². The molecule has 0 saturated carbocycles. The highest BCUT2D eigenvalue weighted by Gasteiger charge is 2.19. The van der Waals surface area contributed by atoms with Crippen molar-refractivity contribution in [2.24, 2.45) is 0 Å². The first-order valence-electron chi connectivity index (χ1n) is 8.20. The quantitative estimate of drug-likeness (QED) is 0.759. The van der Waals surface area contributed by atoms with Crippen molar-refractivity contribution in [3.63, 3.8) is 0 Å². The smallest absolute Gasteiger partial charge is 0.262 e. The molecule has 3 aromatic rings. The molecule has 3 aromatic carbocycles. The highest BCUT2D eigenvalue weighted by molar-refractivity contribution is 7.92. The maximum Gasteiger partial charge on any atom is 0.262 e. The zero-order valence-electron chi connectivity index (χ0n) is 13.9. The third-order valence-electron chi connectivity index (χ3n) is 4.07. The average molecular weight is 367 g/mol. The molecule has 1 N–H and O–H groups in total. The lowest BCUT2D eigenvalue weighted by molar-refractivity contribution is 0.171. The van der Waals surface area contributed by atoms with Gasteiger partial charge in [-0.15, -0.1) is 0 Å². The summed E-state index contributed by atoms with van der Waals surface area (Å²) in [5.41, 5.74) is 2.60. The third-order valence-corrected chi connectivity index (χ3v) is 5.45. The third kappa shape index (κ3) is 3.36. The van der Waals surface area contributed by atoms with E-state index in [2.05, 4.69) is 4.72 Å². The van der Waals surface area contributed by atoms with Gasteiger partial charge in [-0.1, -0.05) is 42.5 Å².